The predicted molar refractivity (Wildman–Crippen MR) is 107 cm³/mol. The first-order valence-electron chi connectivity index (χ1n) is 9.52. The number of alkyl halides is 9. The van der Waals surface area contributed by atoms with Crippen LogP contribution in [0.25, 0.3) is 0 Å². The number of rotatable bonds is 4. The fourth-order valence-electron chi connectivity index (χ4n) is 3.54. The fraction of sp³-hybridized carbons (Fsp3) is 0.217. The Labute approximate surface area is 185 Å². The monoisotopic (exact) mass is 496 g/mol. The van der Waals surface area contributed by atoms with Crippen molar-refractivity contribution in [1.29, 1.82) is 0 Å². The lowest BCUT2D eigenvalue weighted by Crippen LogP contribution is -2.11. The van der Waals surface area contributed by atoms with Gasteiger partial charge in [0.1, 0.15) is 0 Å². The third-order valence-electron chi connectivity index (χ3n) is 5.19. The highest BCUT2D eigenvalue weighted by atomic mass is 32.3. The highest BCUT2D eigenvalue weighted by molar-refractivity contribution is 8.33. The molecule has 0 aliphatic carbocycles. The molecule has 0 nitrogen and oxygen atoms in total. The minimum absolute atomic E-state index is 0.245. The second kappa shape index (κ2) is 8.62. The lowest BCUT2D eigenvalue weighted by molar-refractivity contribution is -0.138. The molecule has 33 heavy (non-hydrogen) atoms. The maximum atomic E-state index is 13.0. The van der Waals surface area contributed by atoms with E-state index in [1.165, 1.54) is 36.4 Å². The third-order valence-corrected chi connectivity index (χ3v) is 9.28. The van der Waals surface area contributed by atoms with Gasteiger partial charge < -0.3 is 0 Å². The Morgan fingerprint density at radius 2 is 0.667 bits per heavy atom. The molecule has 3 rings (SSSR count). The Hall–Kier alpha value is -2.62. The molecule has 0 heterocycles. The van der Waals surface area contributed by atoms with Crippen molar-refractivity contribution in [1.82, 2.24) is 0 Å². The van der Waals surface area contributed by atoms with Gasteiger partial charge in [-0.25, -0.2) is 0 Å². The summed E-state index contributed by atoms with van der Waals surface area (Å²) in [6.07, 6.45) is -13.8. The Morgan fingerprint density at radius 3 is 0.818 bits per heavy atom. The first-order valence-corrected chi connectivity index (χ1v) is 11.3. The van der Waals surface area contributed by atoms with Gasteiger partial charge in [-0.05, 0) is 93.2 Å². The van der Waals surface area contributed by atoms with Crippen molar-refractivity contribution < 1.29 is 39.5 Å². The van der Waals surface area contributed by atoms with Crippen LogP contribution < -0.4 is 0 Å². The van der Waals surface area contributed by atoms with Crippen molar-refractivity contribution in [3.8, 4) is 0 Å². The Morgan fingerprint density at radius 1 is 0.455 bits per heavy atom. The summed E-state index contributed by atoms with van der Waals surface area (Å²) in [6.45, 7) is 1.70. The van der Waals surface area contributed by atoms with Crippen LogP contribution >= 0.6 is 10.0 Å². The average molecular weight is 496 g/mol. The van der Waals surface area contributed by atoms with Gasteiger partial charge in [-0.15, -0.1) is 0 Å². The van der Waals surface area contributed by atoms with E-state index in [4.69, 9.17) is 0 Å². The van der Waals surface area contributed by atoms with E-state index >= 15 is 0 Å². The van der Waals surface area contributed by atoms with Crippen LogP contribution in [0.1, 0.15) is 23.6 Å². The molecule has 0 spiro atoms. The van der Waals surface area contributed by atoms with E-state index in [-0.39, 0.29) is 5.75 Å². The molecule has 0 unspecified atom stereocenters. The highest BCUT2D eigenvalue weighted by Crippen LogP contribution is 2.68. The summed E-state index contributed by atoms with van der Waals surface area (Å²) in [7, 11) is -2.46. The third kappa shape index (κ3) is 5.00. The zero-order valence-corrected chi connectivity index (χ0v) is 17.8. The molecule has 0 aliphatic rings. The molecule has 3 aromatic carbocycles. The van der Waals surface area contributed by atoms with Gasteiger partial charge in [-0.3, -0.25) is 0 Å². The summed E-state index contributed by atoms with van der Waals surface area (Å²) in [5.41, 5.74) is -2.72. The standard InChI is InChI=1S/C23H17F9S/c1-2-33(18-9-3-15(4-10-18)21(24,25)26,19-11-5-16(6-12-19)22(27,28)29)20-13-7-17(8-14-20)23(30,31)32/h3-14H,2H2,1H3. The van der Waals surface area contributed by atoms with Crippen LogP contribution in [0.2, 0.25) is 0 Å². The molecule has 0 fully saturated rings. The molecule has 0 radical (unpaired) electrons. The molecule has 0 saturated carbocycles. The summed E-state index contributed by atoms with van der Waals surface area (Å²) in [4.78, 5) is 1.16. The molecular formula is C23H17F9S. The predicted octanol–water partition coefficient (Wildman–Crippen LogP) is 9.04. The summed E-state index contributed by atoms with van der Waals surface area (Å²) >= 11 is 0. The molecule has 10 heteroatoms. The normalized spacial score (nSPS) is 13.8. The molecule has 3 aromatic rings. The molecule has 0 saturated heterocycles. The molecule has 0 atom stereocenters. The quantitative estimate of drug-likeness (QED) is 0.316. The number of hydrogen-bond acceptors (Lipinski definition) is 0. The van der Waals surface area contributed by atoms with Crippen molar-refractivity contribution in [2.45, 2.75) is 40.1 Å². The van der Waals surface area contributed by atoms with E-state index in [0.717, 1.165) is 36.4 Å². The lowest BCUT2D eigenvalue weighted by atomic mass is 10.2. The fourth-order valence-corrected chi connectivity index (χ4v) is 7.16. The lowest BCUT2D eigenvalue weighted by Gasteiger charge is -2.41. The first kappa shape index (κ1) is 25.0. The molecule has 0 bridgehead atoms. The van der Waals surface area contributed by atoms with Crippen molar-refractivity contribution in [3.63, 3.8) is 0 Å². The zero-order chi connectivity index (χ0) is 24.7. The smallest absolute Gasteiger partial charge is 0.166 e. The van der Waals surface area contributed by atoms with Crippen LogP contribution in [0.15, 0.2) is 87.5 Å². The van der Waals surface area contributed by atoms with Gasteiger partial charge in [0.25, 0.3) is 0 Å². The summed E-state index contributed by atoms with van der Waals surface area (Å²) in [6, 6.07) is 12.6. The first-order chi connectivity index (χ1) is 15.2. The van der Waals surface area contributed by atoms with Crippen molar-refractivity contribution in [2.75, 3.05) is 5.75 Å². The molecular weight excluding hydrogens is 479 g/mol. The summed E-state index contributed by atoms with van der Waals surface area (Å²) in [5.74, 6) is 0.245. The Balaban J connectivity index is 2.23. The van der Waals surface area contributed by atoms with E-state index in [9.17, 15) is 39.5 Å². The van der Waals surface area contributed by atoms with Gasteiger partial charge in [0.05, 0.1) is 16.7 Å². The van der Waals surface area contributed by atoms with Crippen LogP contribution in [0, 0.1) is 0 Å². The van der Waals surface area contributed by atoms with Crippen molar-refractivity contribution in [3.05, 3.63) is 89.5 Å². The number of benzene rings is 3. The van der Waals surface area contributed by atoms with E-state index in [1.54, 1.807) is 6.92 Å². The van der Waals surface area contributed by atoms with E-state index in [2.05, 4.69) is 0 Å². The van der Waals surface area contributed by atoms with Gasteiger partial charge in [-0.1, -0.05) is 6.92 Å². The number of halogens is 9. The van der Waals surface area contributed by atoms with Gasteiger partial charge in [0.2, 0.25) is 0 Å². The molecule has 0 amide bonds. The maximum Gasteiger partial charge on any atom is 0.416 e. The van der Waals surface area contributed by atoms with E-state index in [0.29, 0.717) is 14.7 Å². The molecule has 0 N–H and O–H groups in total. The molecule has 0 aromatic heterocycles. The van der Waals surface area contributed by atoms with Gasteiger partial charge in [0.15, 0.2) is 0 Å². The van der Waals surface area contributed by atoms with Crippen molar-refractivity contribution >= 4 is 10.0 Å². The van der Waals surface area contributed by atoms with Crippen LogP contribution in [-0.4, -0.2) is 5.75 Å². The summed E-state index contributed by atoms with van der Waals surface area (Å²) in [5, 5.41) is 0. The largest absolute Gasteiger partial charge is 0.416 e. The topological polar surface area (TPSA) is 0 Å². The van der Waals surface area contributed by atoms with Crippen LogP contribution in [0.3, 0.4) is 0 Å². The van der Waals surface area contributed by atoms with Crippen LogP contribution in [-0.2, 0) is 18.5 Å². The van der Waals surface area contributed by atoms with E-state index < -0.39 is 45.2 Å². The second-order valence-electron chi connectivity index (χ2n) is 7.09. The zero-order valence-electron chi connectivity index (χ0n) is 16.9. The van der Waals surface area contributed by atoms with E-state index in [1.807, 2.05) is 0 Å². The van der Waals surface area contributed by atoms with Gasteiger partial charge >= 0.3 is 18.5 Å². The average Bonchev–Trinajstić information content (AvgIpc) is 2.74. The van der Waals surface area contributed by atoms with Gasteiger partial charge in [-0.2, -0.15) is 49.5 Å². The minimum atomic E-state index is -4.59. The Kier molecular flexibility index (Phi) is 6.54. The molecule has 0 aliphatic heterocycles. The summed E-state index contributed by atoms with van der Waals surface area (Å²) < 4.78 is 117. The number of hydrogen-bond donors (Lipinski definition) is 0. The van der Waals surface area contributed by atoms with Crippen LogP contribution in [0.4, 0.5) is 39.5 Å². The van der Waals surface area contributed by atoms with Gasteiger partial charge in [0, 0.05) is 0 Å². The van der Waals surface area contributed by atoms with Crippen LogP contribution in [0.5, 0.6) is 0 Å². The maximum absolute atomic E-state index is 13.0. The highest BCUT2D eigenvalue weighted by Gasteiger charge is 2.36. The Bertz CT molecular complexity index is 936. The SMILES string of the molecule is CCS(c1ccc(C(F)(F)F)cc1)(c1ccc(C(F)(F)F)cc1)c1ccc(C(F)(F)F)cc1. The second-order valence-corrected chi connectivity index (χ2v) is 10.6. The molecule has 178 valence electrons. The van der Waals surface area contributed by atoms with Crippen molar-refractivity contribution in [2.24, 2.45) is 0 Å². The minimum Gasteiger partial charge on any atom is -0.166 e.